The molecule has 0 amide bonds. The third-order valence-electron chi connectivity index (χ3n) is 4.09. The van der Waals surface area contributed by atoms with E-state index >= 15 is 0 Å². The van der Waals surface area contributed by atoms with Gasteiger partial charge in [0.15, 0.2) is 0 Å². The van der Waals surface area contributed by atoms with Gasteiger partial charge in [-0.15, -0.1) is 0 Å². The maximum absolute atomic E-state index is 12.0. The predicted octanol–water partition coefficient (Wildman–Crippen LogP) is 0.531. The van der Waals surface area contributed by atoms with Crippen molar-refractivity contribution in [3.05, 3.63) is 0 Å². The van der Waals surface area contributed by atoms with Gasteiger partial charge in [0.1, 0.15) is 0 Å². The van der Waals surface area contributed by atoms with E-state index in [0.29, 0.717) is 18.6 Å². The predicted molar refractivity (Wildman–Crippen MR) is 77.7 cm³/mol. The highest BCUT2D eigenvalue weighted by molar-refractivity contribution is 7.89. The van der Waals surface area contributed by atoms with Gasteiger partial charge in [-0.2, -0.15) is 0 Å². The van der Waals surface area contributed by atoms with Gasteiger partial charge < -0.3 is 10.2 Å². The van der Waals surface area contributed by atoms with Crippen LogP contribution in [-0.2, 0) is 10.0 Å². The van der Waals surface area contributed by atoms with E-state index in [1.807, 2.05) is 13.8 Å². The first-order valence-corrected chi connectivity index (χ1v) is 9.09. The van der Waals surface area contributed by atoms with Crippen molar-refractivity contribution in [2.45, 2.75) is 57.7 Å². The highest BCUT2D eigenvalue weighted by Gasteiger charge is 2.33. The number of nitrogens with zero attached hydrogens (tertiary/aromatic N) is 1. The molecule has 0 aromatic rings. The molecule has 0 saturated carbocycles. The van der Waals surface area contributed by atoms with Crippen LogP contribution < -0.4 is 10.0 Å². The summed E-state index contributed by atoms with van der Waals surface area (Å²) in [6.45, 7) is 6.81. The molecule has 112 valence electrons. The van der Waals surface area contributed by atoms with Crippen LogP contribution in [0.1, 0.15) is 39.5 Å². The number of hydrogen-bond acceptors (Lipinski definition) is 4. The van der Waals surface area contributed by atoms with Crippen LogP contribution in [0, 0.1) is 0 Å². The Morgan fingerprint density at radius 2 is 2.05 bits per heavy atom. The Kier molecular flexibility index (Phi) is 5.22. The lowest BCUT2D eigenvalue weighted by Gasteiger charge is -2.34. The summed E-state index contributed by atoms with van der Waals surface area (Å²) >= 11 is 0. The second-order valence-electron chi connectivity index (χ2n) is 6.10. The van der Waals surface area contributed by atoms with Crippen LogP contribution in [0.3, 0.4) is 0 Å². The quantitative estimate of drug-likeness (QED) is 0.749. The molecule has 2 aliphatic heterocycles. The number of rotatable bonds is 6. The van der Waals surface area contributed by atoms with Crippen molar-refractivity contribution in [3.8, 4) is 0 Å². The second kappa shape index (κ2) is 6.52. The molecule has 5 nitrogen and oxygen atoms in total. The molecular weight excluding hydrogens is 262 g/mol. The normalized spacial score (nSPS) is 28.8. The molecule has 0 radical (unpaired) electrons. The molecule has 2 atom stereocenters. The van der Waals surface area contributed by atoms with E-state index in [1.54, 1.807) is 0 Å². The summed E-state index contributed by atoms with van der Waals surface area (Å²) in [4.78, 5) is 2.51. The molecule has 19 heavy (non-hydrogen) atoms. The second-order valence-corrected chi connectivity index (χ2v) is 7.97. The molecule has 0 spiro atoms. The maximum Gasteiger partial charge on any atom is 0.213 e. The summed E-state index contributed by atoms with van der Waals surface area (Å²) in [5.74, 6) is 0.177. The van der Waals surface area contributed by atoms with Gasteiger partial charge in [-0.3, -0.25) is 0 Å². The molecule has 2 aliphatic rings. The first kappa shape index (κ1) is 15.2. The summed E-state index contributed by atoms with van der Waals surface area (Å²) in [7, 11) is -3.14. The van der Waals surface area contributed by atoms with E-state index in [1.165, 1.54) is 19.4 Å². The minimum absolute atomic E-state index is 0.142. The van der Waals surface area contributed by atoms with E-state index in [2.05, 4.69) is 14.9 Å². The molecule has 2 fully saturated rings. The minimum atomic E-state index is -3.14. The largest absolute Gasteiger partial charge is 0.313 e. The summed E-state index contributed by atoms with van der Waals surface area (Å²) < 4.78 is 26.9. The van der Waals surface area contributed by atoms with Crippen molar-refractivity contribution >= 4 is 10.0 Å². The Balaban J connectivity index is 1.76. The molecule has 0 aromatic heterocycles. The van der Waals surface area contributed by atoms with E-state index in [4.69, 9.17) is 0 Å². The third-order valence-corrected chi connectivity index (χ3v) is 5.52. The standard InChI is InChI=1S/C13H27N3O2S/c1-11(2)14-6-9-19(17,18)15-12-5-8-16-7-3-4-13(16)10-12/h11-15H,3-10H2,1-2H3. The van der Waals surface area contributed by atoms with Crippen LogP contribution in [-0.4, -0.2) is 56.8 Å². The lowest BCUT2D eigenvalue weighted by Crippen LogP contribution is -2.48. The van der Waals surface area contributed by atoms with E-state index in [-0.39, 0.29) is 11.8 Å². The molecule has 0 bridgehead atoms. The first-order chi connectivity index (χ1) is 8.96. The van der Waals surface area contributed by atoms with Gasteiger partial charge >= 0.3 is 0 Å². The number of piperidine rings is 1. The fraction of sp³-hybridized carbons (Fsp3) is 1.00. The highest BCUT2D eigenvalue weighted by atomic mass is 32.2. The molecule has 2 saturated heterocycles. The molecule has 2 N–H and O–H groups in total. The van der Waals surface area contributed by atoms with Gasteiger partial charge in [-0.1, -0.05) is 13.8 Å². The number of nitrogens with one attached hydrogen (secondary N) is 2. The van der Waals surface area contributed by atoms with Crippen LogP contribution in [0.5, 0.6) is 0 Å². The molecule has 6 heteroatoms. The van der Waals surface area contributed by atoms with Crippen molar-refractivity contribution < 1.29 is 8.42 Å². The monoisotopic (exact) mass is 289 g/mol. The molecule has 0 aliphatic carbocycles. The topological polar surface area (TPSA) is 61.4 Å². The van der Waals surface area contributed by atoms with Gasteiger partial charge in [0.05, 0.1) is 5.75 Å². The van der Waals surface area contributed by atoms with Crippen molar-refractivity contribution in [1.29, 1.82) is 0 Å². The summed E-state index contributed by atoms with van der Waals surface area (Å²) in [6.07, 6.45) is 4.43. The zero-order valence-corrected chi connectivity index (χ0v) is 12.9. The fourth-order valence-corrected chi connectivity index (χ4v) is 4.35. The van der Waals surface area contributed by atoms with Crippen molar-refractivity contribution in [1.82, 2.24) is 14.9 Å². The SMILES string of the molecule is CC(C)NCCS(=O)(=O)NC1CCN2CCCC2C1. The highest BCUT2D eigenvalue weighted by Crippen LogP contribution is 2.27. The molecule has 0 aromatic carbocycles. The summed E-state index contributed by atoms with van der Waals surface area (Å²) in [6, 6.07) is 1.08. The van der Waals surface area contributed by atoms with Gasteiger partial charge in [0.2, 0.25) is 10.0 Å². The van der Waals surface area contributed by atoms with Gasteiger partial charge in [-0.25, -0.2) is 13.1 Å². The lowest BCUT2D eigenvalue weighted by atomic mass is 9.99. The minimum Gasteiger partial charge on any atom is -0.313 e. The van der Waals surface area contributed by atoms with Crippen LogP contribution in [0.25, 0.3) is 0 Å². The number of hydrogen-bond donors (Lipinski definition) is 2. The van der Waals surface area contributed by atoms with Gasteiger partial charge in [0, 0.05) is 24.7 Å². The number of fused-ring (bicyclic) bond motifs is 1. The fourth-order valence-electron chi connectivity index (χ4n) is 3.13. The van der Waals surface area contributed by atoms with E-state index in [9.17, 15) is 8.42 Å². The van der Waals surface area contributed by atoms with E-state index in [0.717, 1.165) is 19.4 Å². The Bertz CT molecular complexity index is 383. The zero-order valence-electron chi connectivity index (χ0n) is 12.1. The Morgan fingerprint density at radius 3 is 2.79 bits per heavy atom. The van der Waals surface area contributed by atoms with Crippen LogP contribution in [0.15, 0.2) is 0 Å². The summed E-state index contributed by atoms with van der Waals surface area (Å²) in [5.41, 5.74) is 0. The lowest BCUT2D eigenvalue weighted by molar-refractivity contribution is 0.176. The van der Waals surface area contributed by atoms with Crippen molar-refractivity contribution in [3.63, 3.8) is 0 Å². The van der Waals surface area contributed by atoms with E-state index < -0.39 is 10.0 Å². The third kappa shape index (κ3) is 4.70. The Labute approximate surface area is 117 Å². The van der Waals surface area contributed by atoms with Crippen molar-refractivity contribution in [2.75, 3.05) is 25.4 Å². The average molecular weight is 289 g/mol. The number of sulfonamides is 1. The summed E-state index contributed by atoms with van der Waals surface area (Å²) in [5, 5.41) is 3.15. The zero-order chi connectivity index (χ0) is 13.9. The average Bonchev–Trinajstić information content (AvgIpc) is 2.74. The van der Waals surface area contributed by atoms with Gasteiger partial charge in [-0.05, 0) is 38.8 Å². The van der Waals surface area contributed by atoms with Gasteiger partial charge in [0.25, 0.3) is 0 Å². The van der Waals surface area contributed by atoms with Crippen LogP contribution >= 0.6 is 0 Å². The molecule has 2 unspecified atom stereocenters. The Hall–Kier alpha value is -0.170. The molecule has 2 heterocycles. The Morgan fingerprint density at radius 1 is 1.26 bits per heavy atom. The smallest absolute Gasteiger partial charge is 0.213 e. The molecule has 2 rings (SSSR count). The molecular formula is C13H27N3O2S. The van der Waals surface area contributed by atoms with Crippen LogP contribution in [0.2, 0.25) is 0 Å². The maximum atomic E-state index is 12.0. The first-order valence-electron chi connectivity index (χ1n) is 7.44. The van der Waals surface area contributed by atoms with Crippen molar-refractivity contribution in [2.24, 2.45) is 0 Å². The van der Waals surface area contributed by atoms with Crippen LogP contribution in [0.4, 0.5) is 0 Å².